The molecule has 0 spiro atoms. The number of unbranched alkanes of at least 4 members (excludes halogenated alkanes) is 1. The molecule has 6 heteroatoms. The summed E-state index contributed by atoms with van der Waals surface area (Å²) in [6, 6.07) is 0.0817. The van der Waals surface area contributed by atoms with E-state index in [0.29, 0.717) is 31.0 Å². The molecule has 2 amide bonds. The third-order valence-electron chi connectivity index (χ3n) is 3.07. The van der Waals surface area contributed by atoms with Gasteiger partial charge in [-0.25, -0.2) is 0 Å². The summed E-state index contributed by atoms with van der Waals surface area (Å²) >= 11 is 4.79. The summed E-state index contributed by atoms with van der Waals surface area (Å²) in [5, 5.41) is 0. The maximum absolute atomic E-state index is 11.9. The van der Waals surface area contributed by atoms with Crippen molar-refractivity contribution in [3.63, 3.8) is 0 Å². The lowest BCUT2D eigenvalue weighted by Crippen LogP contribution is -2.56. The number of piperazine rings is 1. The quantitative estimate of drug-likeness (QED) is 0.434. The highest BCUT2D eigenvalue weighted by molar-refractivity contribution is 7.80. The van der Waals surface area contributed by atoms with Crippen molar-refractivity contribution in [2.24, 2.45) is 5.73 Å². The fraction of sp³-hybridized carbons (Fsp3) is 0.750. The summed E-state index contributed by atoms with van der Waals surface area (Å²) in [4.78, 5) is 27.4. The van der Waals surface area contributed by atoms with Gasteiger partial charge in [-0.2, -0.15) is 0 Å². The van der Waals surface area contributed by atoms with Crippen LogP contribution in [0, 0.1) is 0 Å². The van der Waals surface area contributed by atoms with Crippen molar-refractivity contribution in [2.75, 3.05) is 19.6 Å². The molecule has 0 saturated carbocycles. The molecule has 0 aromatic rings. The third kappa shape index (κ3) is 3.94. The van der Waals surface area contributed by atoms with Crippen LogP contribution in [-0.4, -0.2) is 52.3 Å². The largest absolute Gasteiger partial charge is 0.393 e. The van der Waals surface area contributed by atoms with Crippen LogP contribution in [0.3, 0.4) is 0 Å². The summed E-state index contributed by atoms with van der Waals surface area (Å²) in [6.45, 7) is 5.69. The van der Waals surface area contributed by atoms with Gasteiger partial charge in [0.05, 0.1) is 4.99 Å². The average molecular weight is 271 g/mol. The highest BCUT2D eigenvalue weighted by atomic mass is 32.1. The van der Waals surface area contributed by atoms with Gasteiger partial charge >= 0.3 is 11.8 Å². The normalized spacial score (nSPS) is 16.6. The third-order valence-corrected chi connectivity index (χ3v) is 3.27. The van der Waals surface area contributed by atoms with Gasteiger partial charge in [0, 0.05) is 25.7 Å². The molecular formula is C12H21N3O2S. The molecule has 1 fully saturated rings. The summed E-state index contributed by atoms with van der Waals surface area (Å²) in [7, 11) is 0. The Morgan fingerprint density at radius 2 is 1.94 bits per heavy atom. The molecule has 1 aliphatic heterocycles. The molecule has 0 unspecified atom stereocenters. The van der Waals surface area contributed by atoms with Crippen LogP contribution < -0.4 is 5.73 Å². The van der Waals surface area contributed by atoms with Gasteiger partial charge < -0.3 is 15.5 Å². The van der Waals surface area contributed by atoms with E-state index in [0.717, 1.165) is 12.8 Å². The summed E-state index contributed by atoms with van der Waals surface area (Å²) < 4.78 is 0. The van der Waals surface area contributed by atoms with Crippen molar-refractivity contribution in [3.05, 3.63) is 0 Å². The molecule has 0 aliphatic carbocycles. The Morgan fingerprint density at radius 3 is 2.50 bits per heavy atom. The van der Waals surface area contributed by atoms with Crippen molar-refractivity contribution >= 4 is 29.0 Å². The lowest BCUT2D eigenvalue weighted by molar-refractivity contribution is -0.157. The van der Waals surface area contributed by atoms with Gasteiger partial charge in [0.2, 0.25) is 0 Å². The zero-order valence-corrected chi connectivity index (χ0v) is 11.8. The van der Waals surface area contributed by atoms with Crippen LogP contribution in [0.4, 0.5) is 0 Å². The minimum atomic E-state index is -0.384. The second kappa shape index (κ2) is 6.68. The maximum atomic E-state index is 11.9. The molecule has 1 rings (SSSR count). The van der Waals surface area contributed by atoms with Gasteiger partial charge in [-0.1, -0.05) is 12.2 Å². The number of carbonyl (C=O) groups excluding carboxylic acids is 2. The lowest BCUT2D eigenvalue weighted by Gasteiger charge is -2.36. The Hall–Kier alpha value is -1.17. The summed E-state index contributed by atoms with van der Waals surface area (Å²) in [6.07, 6.45) is 2.39. The van der Waals surface area contributed by atoms with Gasteiger partial charge in [0.25, 0.3) is 0 Å². The lowest BCUT2D eigenvalue weighted by atomic mass is 10.2. The van der Waals surface area contributed by atoms with Gasteiger partial charge in [-0.3, -0.25) is 9.59 Å². The topological polar surface area (TPSA) is 66.6 Å². The van der Waals surface area contributed by atoms with Crippen LogP contribution in [-0.2, 0) is 9.59 Å². The van der Waals surface area contributed by atoms with E-state index in [1.807, 2.05) is 13.8 Å². The zero-order chi connectivity index (χ0) is 13.7. The van der Waals surface area contributed by atoms with Crippen LogP contribution in [0.25, 0.3) is 0 Å². The first-order chi connectivity index (χ1) is 8.43. The van der Waals surface area contributed by atoms with Crippen molar-refractivity contribution in [1.82, 2.24) is 9.80 Å². The molecule has 18 heavy (non-hydrogen) atoms. The van der Waals surface area contributed by atoms with E-state index < -0.39 is 0 Å². The molecule has 0 radical (unpaired) electrons. The van der Waals surface area contributed by atoms with Gasteiger partial charge in [-0.05, 0) is 33.1 Å². The van der Waals surface area contributed by atoms with Crippen LogP contribution in [0.1, 0.15) is 33.1 Å². The zero-order valence-electron chi connectivity index (χ0n) is 11.0. The number of hydrogen-bond acceptors (Lipinski definition) is 3. The molecule has 0 bridgehead atoms. The number of hydrogen-bond donors (Lipinski definition) is 1. The molecule has 2 N–H and O–H groups in total. The monoisotopic (exact) mass is 271 g/mol. The molecule has 0 aromatic carbocycles. The maximum Gasteiger partial charge on any atom is 0.312 e. The molecule has 1 heterocycles. The number of thiocarbonyl (C=S) groups is 1. The number of rotatable bonds is 6. The fourth-order valence-corrected chi connectivity index (χ4v) is 2.14. The number of amides is 2. The Bertz CT molecular complexity index is 344. The Morgan fingerprint density at radius 1 is 1.28 bits per heavy atom. The van der Waals surface area contributed by atoms with E-state index in [2.05, 4.69) is 0 Å². The highest BCUT2D eigenvalue weighted by Gasteiger charge is 2.33. The predicted molar refractivity (Wildman–Crippen MR) is 74.1 cm³/mol. The SMILES string of the molecule is CC(C)N1CCN(CCCCC(N)=S)C(=O)C1=O. The van der Waals surface area contributed by atoms with Gasteiger partial charge in [0.1, 0.15) is 0 Å². The van der Waals surface area contributed by atoms with E-state index in [1.54, 1.807) is 9.80 Å². The van der Waals surface area contributed by atoms with E-state index in [1.165, 1.54) is 0 Å². The van der Waals surface area contributed by atoms with Crippen molar-refractivity contribution in [3.8, 4) is 0 Å². The van der Waals surface area contributed by atoms with Crippen molar-refractivity contribution in [1.29, 1.82) is 0 Å². The van der Waals surface area contributed by atoms with Crippen LogP contribution in [0.5, 0.6) is 0 Å². The van der Waals surface area contributed by atoms with Crippen LogP contribution in [0.15, 0.2) is 0 Å². The number of nitrogens with two attached hydrogens (primary N) is 1. The van der Waals surface area contributed by atoms with E-state index >= 15 is 0 Å². The van der Waals surface area contributed by atoms with Crippen molar-refractivity contribution in [2.45, 2.75) is 39.2 Å². The minimum Gasteiger partial charge on any atom is -0.393 e. The Kier molecular flexibility index (Phi) is 5.53. The van der Waals surface area contributed by atoms with Crippen LogP contribution in [0.2, 0.25) is 0 Å². The van der Waals surface area contributed by atoms with Gasteiger partial charge in [-0.15, -0.1) is 0 Å². The smallest absolute Gasteiger partial charge is 0.312 e. The molecule has 1 aliphatic rings. The van der Waals surface area contributed by atoms with E-state index in [4.69, 9.17) is 18.0 Å². The first kappa shape index (κ1) is 14.9. The Labute approximate surface area is 113 Å². The molecule has 5 nitrogen and oxygen atoms in total. The molecule has 102 valence electrons. The molecule has 1 saturated heterocycles. The second-order valence-electron chi connectivity index (χ2n) is 4.81. The highest BCUT2D eigenvalue weighted by Crippen LogP contribution is 2.10. The van der Waals surface area contributed by atoms with Crippen LogP contribution >= 0.6 is 12.2 Å². The average Bonchev–Trinajstić information content (AvgIpc) is 2.29. The number of carbonyl (C=O) groups is 2. The minimum absolute atomic E-state index is 0.0817. The van der Waals surface area contributed by atoms with Gasteiger partial charge in [0.15, 0.2) is 0 Å². The summed E-state index contributed by atoms with van der Waals surface area (Å²) in [5.41, 5.74) is 5.40. The Balaban J connectivity index is 2.39. The number of nitrogens with zero attached hydrogens (tertiary/aromatic N) is 2. The second-order valence-corrected chi connectivity index (χ2v) is 5.33. The van der Waals surface area contributed by atoms with Crippen molar-refractivity contribution < 1.29 is 9.59 Å². The van der Waals surface area contributed by atoms with E-state index in [9.17, 15) is 9.59 Å². The first-order valence-electron chi connectivity index (χ1n) is 6.31. The fourth-order valence-electron chi connectivity index (χ4n) is 2.00. The standard InChI is InChI=1S/C12H21N3O2S/c1-9(2)15-8-7-14(11(16)12(15)17)6-4-3-5-10(13)18/h9H,3-8H2,1-2H3,(H2,13,18). The van der Waals surface area contributed by atoms with E-state index in [-0.39, 0.29) is 17.9 Å². The predicted octanol–water partition coefficient (Wildman–Crippen LogP) is 0.522. The molecule has 0 atom stereocenters. The molecule has 0 aromatic heterocycles. The first-order valence-corrected chi connectivity index (χ1v) is 6.72. The summed E-state index contributed by atoms with van der Waals surface area (Å²) in [5.74, 6) is -0.768. The molecular weight excluding hydrogens is 250 g/mol.